The lowest BCUT2D eigenvalue weighted by Gasteiger charge is -2.21. The number of nitrogens with zero attached hydrogens (tertiary/aromatic N) is 1. The Balaban J connectivity index is 2.12. The van der Waals surface area contributed by atoms with Gasteiger partial charge in [-0.25, -0.2) is 0 Å². The van der Waals surface area contributed by atoms with Gasteiger partial charge in [0.2, 0.25) is 0 Å². The van der Waals surface area contributed by atoms with E-state index in [0.717, 1.165) is 0 Å². The molecule has 0 amide bonds. The minimum atomic E-state index is -1.84. The zero-order chi connectivity index (χ0) is 15.5. The molecule has 0 bridgehead atoms. The van der Waals surface area contributed by atoms with Crippen molar-refractivity contribution in [3.05, 3.63) is 82.0 Å². The average molecular weight is 324 g/mol. The number of carbonyl (C=O) groups excluding carboxylic acids is 1. The number of benzene rings is 1. The Kier molecular flexibility index (Phi) is 4.60. The molecule has 4 nitrogen and oxygen atoms in total. The van der Waals surface area contributed by atoms with Crippen molar-refractivity contribution < 1.29 is 9.72 Å². The number of halogens is 2. The Morgan fingerprint density at radius 1 is 1.33 bits per heavy atom. The summed E-state index contributed by atoms with van der Waals surface area (Å²) in [5, 5.41) is 9.89. The normalized spacial score (nSPS) is 24.9. The number of hydrogen-bond donors (Lipinski definition) is 0. The van der Waals surface area contributed by atoms with Crippen LogP contribution in [0, 0.1) is 10.1 Å². The van der Waals surface area contributed by atoms with Gasteiger partial charge in [-0.2, -0.15) is 0 Å². The van der Waals surface area contributed by atoms with E-state index in [0.29, 0.717) is 11.1 Å². The van der Waals surface area contributed by atoms with Gasteiger partial charge in [0.15, 0.2) is 5.78 Å². The summed E-state index contributed by atoms with van der Waals surface area (Å²) in [6.45, 7) is 0. The first-order valence-electron chi connectivity index (χ1n) is 6.09. The van der Waals surface area contributed by atoms with Crippen LogP contribution in [-0.4, -0.2) is 21.1 Å². The van der Waals surface area contributed by atoms with E-state index in [2.05, 4.69) is 0 Å². The molecule has 6 heteroatoms. The lowest BCUT2D eigenvalue weighted by atomic mass is 10.0. The van der Waals surface area contributed by atoms with Crippen LogP contribution in [0.3, 0.4) is 0 Å². The Bertz CT molecular complexity index is 652. The van der Waals surface area contributed by atoms with Gasteiger partial charge in [-0.1, -0.05) is 48.6 Å². The second-order valence-corrected chi connectivity index (χ2v) is 5.53. The van der Waals surface area contributed by atoms with E-state index in [9.17, 15) is 14.9 Å². The van der Waals surface area contributed by atoms with Crippen molar-refractivity contribution in [2.75, 3.05) is 0 Å². The molecule has 108 valence electrons. The Labute approximate surface area is 131 Å². The molecule has 0 saturated heterocycles. The topological polar surface area (TPSA) is 60.2 Å². The maximum absolute atomic E-state index is 11.9. The van der Waals surface area contributed by atoms with E-state index in [1.807, 2.05) is 6.07 Å². The first-order chi connectivity index (χ1) is 9.93. The van der Waals surface area contributed by atoms with E-state index in [-0.39, 0.29) is 5.78 Å². The standard InChI is InChI=1S/C15H11Cl2NO3/c16-14-10-11(8-9-15(14,17)18(20)21)6-7-13(19)12-4-2-1-3-5-12/h1-10,14H. The lowest BCUT2D eigenvalue weighted by molar-refractivity contribution is -0.526. The van der Waals surface area contributed by atoms with Crippen molar-refractivity contribution >= 4 is 29.0 Å². The summed E-state index contributed by atoms with van der Waals surface area (Å²) < 4.78 is 0. The highest BCUT2D eigenvalue weighted by atomic mass is 35.5. The number of hydrogen-bond acceptors (Lipinski definition) is 3. The first-order valence-corrected chi connectivity index (χ1v) is 6.91. The molecule has 1 aromatic rings. The minimum absolute atomic E-state index is 0.159. The predicted molar refractivity (Wildman–Crippen MR) is 82.4 cm³/mol. The van der Waals surface area contributed by atoms with Crippen molar-refractivity contribution in [3.63, 3.8) is 0 Å². The Morgan fingerprint density at radius 3 is 2.57 bits per heavy atom. The predicted octanol–water partition coefficient (Wildman–Crippen LogP) is 3.74. The van der Waals surface area contributed by atoms with E-state index >= 15 is 0 Å². The molecule has 0 heterocycles. The smallest absolute Gasteiger partial charge is 0.289 e. The van der Waals surface area contributed by atoms with Crippen LogP contribution >= 0.6 is 23.2 Å². The van der Waals surface area contributed by atoms with Crippen LogP contribution in [0.15, 0.2) is 66.3 Å². The van der Waals surface area contributed by atoms with E-state index in [4.69, 9.17) is 23.2 Å². The third-order valence-corrected chi connectivity index (χ3v) is 4.07. The average Bonchev–Trinajstić information content (AvgIpc) is 2.49. The minimum Gasteiger partial charge on any atom is -0.289 e. The highest BCUT2D eigenvalue weighted by Crippen LogP contribution is 2.32. The van der Waals surface area contributed by atoms with Gasteiger partial charge in [-0.15, -0.1) is 11.6 Å². The number of carbonyl (C=O) groups is 1. The van der Waals surface area contributed by atoms with Gasteiger partial charge in [-0.3, -0.25) is 14.9 Å². The molecule has 0 aliphatic heterocycles. The second kappa shape index (κ2) is 6.24. The van der Waals surface area contributed by atoms with Gasteiger partial charge in [0, 0.05) is 16.6 Å². The zero-order valence-corrected chi connectivity index (χ0v) is 12.3. The first kappa shape index (κ1) is 15.5. The number of nitro groups is 1. The summed E-state index contributed by atoms with van der Waals surface area (Å²) in [6, 6.07) is 8.78. The van der Waals surface area contributed by atoms with Crippen LogP contribution < -0.4 is 0 Å². The highest BCUT2D eigenvalue weighted by Gasteiger charge is 2.46. The molecular formula is C15H11Cl2NO3. The summed E-state index contributed by atoms with van der Waals surface area (Å²) in [6.07, 6.45) is 7.09. The van der Waals surface area contributed by atoms with Gasteiger partial charge in [0.1, 0.15) is 5.38 Å². The molecule has 1 aliphatic carbocycles. The van der Waals surface area contributed by atoms with Crippen LogP contribution in [0.25, 0.3) is 0 Å². The summed E-state index contributed by atoms with van der Waals surface area (Å²) in [7, 11) is 0. The van der Waals surface area contributed by atoms with Gasteiger partial charge < -0.3 is 0 Å². The van der Waals surface area contributed by atoms with Crippen molar-refractivity contribution in [2.45, 2.75) is 10.4 Å². The molecule has 0 N–H and O–H groups in total. The molecule has 1 aromatic carbocycles. The van der Waals surface area contributed by atoms with Gasteiger partial charge in [0.05, 0.1) is 0 Å². The van der Waals surface area contributed by atoms with Crippen molar-refractivity contribution in [3.8, 4) is 0 Å². The summed E-state index contributed by atoms with van der Waals surface area (Å²) in [5.74, 6) is -0.159. The SMILES string of the molecule is O=C(C=CC1=CC(Cl)C(Cl)([N+](=O)[O-])C=C1)c1ccccc1. The van der Waals surface area contributed by atoms with Crippen LogP contribution in [0.2, 0.25) is 0 Å². The monoisotopic (exact) mass is 323 g/mol. The fourth-order valence-corrected chi connectivity index (χ4v) is 2.21. The molecule has 2 atom stereocenters. The van der Waals surface area contributed by atoms with Gasteiger partial charge in [-0.05, 0) is 23.3 Å². The summed E-state index contributed by atoms with van der Waals surface area (Å²) in [5.41, 5.74) is 1.16. The van der Waals surface area contributed by atoms with E-state index in [1.54, 1.807) is 30.3 Å². The highest BCUT2D eigenvalue weighted by molar-refractivity contribution is 6.33. The number of ketones is 1. The zero-order valence-electron chi connectivity index (χ0n) is 10.8. The van der Waals surface area contributed by atoms with Crippen LogP contribution in [0.4, 0.5) is 0 Å². The quantitative estimate of drug-likeness (QED) is 0.212. The third kappa shape index (κ3) is 3.40. The fourth-order valence-electron chi connectivity index (χ4n) is 1.79. The van der Waals surface area contributed by atoms with Crippen molar-refractivity contribution in [1.82, 2.24) is 0 Å². The summed E-state index contributed by atoms with van der Waals surface area (Å²) >= 11 is 11.8. The Morgan fingerprint density at radius 2 is 2.00 bits per heavy atom. The van der Waals surface area contributed by atoms with E-state index < -0.39 is 15.3 Å². The second-order valence-electron chi connectivity index (χ2n) is 4.45. The summed E-state index contributed by atoms with van der Waals surface area (Å²) in [4.78, 5) is 20.3. The third-order valence-electron chi connectivity index (χ3n) is 3.00. The number of alkyl halides is 2. The van der Waals surface area contributed by atoms with Crippen molar-refractivity contribution in [1.29, 1.82) is 0 Å². The molecule has 0 aromatic heterocycles. The molecule has 0 fully saturated rings. The van der Waals surface area contributed by atoms with Crippen LogP contribution in [0.5, 0.6) is 0 Å². The van der Waals surface area contributed by atoms with Crippen LogP contribution in [0.1, 0.15) is 10.4 Å². The van der Waals surface area contributed by atoms with Gasteiger partial charge >= 0.3 is 5.00 Å². The van der Waals surface area contributed by atoms with Crippen molar-refractivity contribution in [2.24, 2.45) is 0 Å². The molecule has 0 spiro atoms. The maximum Gasteiger partial charge on any atom is 0.333 e. The molecule has 0 saturated carbocycles. The largest absolute Gasteiger partial charge is 0.333 e. The number of rotatable bonds is 4. The van der Waals surface area contributed by atoms with Crippen LogP contribution in [-0.2, 0) is 0 Å². The molecular weight excluding hydrogens is 313 g/mol. The lowest BCUT2D eigenvalue weighted by Crippen LogP contribution is -2.39. The fraction of sp³-hybridized carbons (Fsp3) is 0.133. The molecule has 2 unspecified atom stereocenters. The molecule has 0 radical (unpaired) electrons. The molecule has 1 aliphatic rings. The van der Waals surface area contributed by atoms with Gasteiger partial charge in [0.25, 0.3) is 0 Å². The maximum atomic E-state index is 11.9. The molecule has 21 heavy (non-hydrogen) atoms. The molecule has 2 rings (SSSR count). The number of allylic oxidation sites excluding steroid dienone is 4. The van der Waals surface area contributed by atoms with E-state index in [1.165, 1.54) is 24.3 Å². The Hall–Kier alpha value is -1.91.